The van der Waals surface area contributed by atoms with Crippen molar-refractivity contribution in [2.24, 2.45) is 0 Å². The van der Waals surface area contributed by atoms with Crippen LogP contribution in [-0.4, -0.2) is 0 Å². The van der Waals surface area contributed by atoms with Crippen LogP contribution in [0, 0.1) is 63.7 Å². The van der Waals surface area contributed by atoms with Crippen molar-refractivity contribution in [3.8, 4) is 0 Å². The van der Waals surface area contributed by atoms with E-state index >= 15 is 0 Å². The van der Waals surface area contributed by atoms with Gasteiger partial charge in [-0.1, -0.05) is 12.2 Å². The zero-order chi connectivity index (χ0) is 9.52. The van der Waals surface area contributed by atoms with Crippen molar-refractivity contribution in [1.82, 2.24) is 0 Å². The normalized spacial score (nSPS) is 20.9. The maximum absolute atomic E-state index is 3.80. The van der Waals surface area contributed by atoms with Gasteiger partial charge in [-0.25, -0.2) is 0 Å². The van der Waals surface area contributed by atoms with E-state index in [-0.39, 0.29) is 17.1 Å². The van der Waals surface area contributed by atoms with Crippen molar-refractivity contribution < 1.29 is 17.1 Å². The van der Waals surface area contributed by atoms with Gasteiger partial charge in [0.2, 0.25) is 0 Å². The predicted octanol–water partition coefficient (Wildman–Crippen LogP) is 2.99. The van der Waals surface area contributed by atoms with E-state index in [0.717, 1.165) is 5.57 Å². The van der Waals surface area contributed by atoms with Gasteiger partial charge in [0.1, 0.15) is 0 Å². The predicted molar refractivity (Wildman–Crippen MR) is 56.8 cm³/mol. The molecule has 0 N–H and O–H groups in total. The molecule has 1 heteroatoms. The SMILES string of the molecule is C=C(C)[C]1[CH][CH][CH][CH]1.[CH]1[CH][CH][CH][CH]1.[Fe+2]. The minimum absolute atomic E-state index is 0. The van der Waals surface area contributed by atoms with Crippen molar-refractivity contribution in [2.45, 2.75) is 6.92 Å². The molecule has 2 saturated carbocycles. The standard InChI is InChI=1S/C8H9.C5H5.Fe/c1-7(2)8-5-3-4-6-8;1-2-4-5-3-1;/h3-6H,1H2,2H3;1-5H;/q;;+2. The number of rotatable bonds is 1. The molecule has 0 saturated heterocycles. The Morgan fingerprint density at radius 1 is 0.857 bits per heavy atom. The number of hydrogen-bond acceptors (Lipinski definition) is 0. The first-order valence-electron chi connectivity index (χ1n) is 4.35. The molecule has 0 heterocycles. The molecule has 72 valence electrons. The van der Waals surface area contributed by atoms with Gasteiger partial charge in [0.15, 0.2) is 0 Å². The van der Waals surface area contributed by atoms with E-state index in [4.69, 9.17) is 0 Å². The summed E-state index contributed by atoms with van der Waals surface area (Å²) in [5.41, 5.74) is 1.13. The molecule has 0 aromatic heterocycles. The van der Waals surface area contributed by atoms with Crippen molar-refractivity contribution in [2.75, 3.05) is 0 Å². The molecule has 0 aromatic carbocycles. The van der Waals surface area contributed by atoms with Gasteiger partial charge in [-0.2, -0.15) is 0 Å². The minimum Gasteiger partial charge on any atom is -0.0995 e. The molecule has 2 aliphatic carbocycles. The van der Waals surface area contributed by atoms with Gasteiger partial charge in [0, 0.05) is 5.92 Å². The quantitative estimate of drug-likeness (QED) is 0.603. The Bertz CT molecular complexity index is 134. The molecule has 2 rings (SSSR count). The molecule has 0 atom stereocenters. The van der Waals surface area contributed by atoms with Crippen LogP contribution in [0.1, 0.15) is 6.92 Å². The van der Waals surface area contributed by atoms with Gasteiger partial charge in [0.05, 0.1) is 0 Å². The molecular weight excluding hydrogens is 212 g/mol. The maximum atomic E-state index is 3.80. The summed E-state index contributed by atoms with van der Waals surface area (Å²) in [6.45, 7) is 5.81. The van der Waals surface area contributed by atoms with Gasteiger partial charge in [-0.15, -0.1) is 0 Å². The largest absolute Gasteiger partial charge is 2.00 e. The Hall–Kier alpha value is 0.259. The van der Waals surface area contributed by atoms with Gasteiger partial charge < -0.3 is 0 Å². The zero-order valence-electron chi connectivity index (χ0n) is 8.26. The molecule has 0 spiro atoms. The zero-order valence-corrected chi connectivity index (χ0v) is 9.36. The van der Waals surface area contributed by atoms with E-state index in [2.05, 4.69) is 19.4 Å². The fraction of sp³-hybridized carbons (Fsp3) is 0.0769. The molecule has 0 aromatic rings. The Labute approximate surface area is 100 Å². The third-order valence-corrected chi connectivity index (χ3v) is 1.71. The van der Waals surface area contributed by atoms with Crippen LogP contribution in [0.3, 0.4) is 0 Å². The van der Waals surface area contributed by atoms with E-state index in [0.29, 0.717) is 0 Å². The van der Waals surface area contributed by atoms with E-state index in [1.54, 1.807) is 0 Å². The summed E-state index contributed by atoms with van der Waals surface area (Å²) in [6.07, 6.45) is 18.2. The summed E-state index contributed by atoms with van der Waals surface area (Å²) in [5.74, 6) is 1.24. The van der Waals surface area contributed by atoms with Crippen LogP contribution in [0.2, 0.25) is 0 Å². The second kappa shape index (κ2) is 8.56. The molecular formula is C13H14Fe+2. The smallest absolute Gasteiger partial charge is 0.0995 e. The summed E-state index contributed by atoms with van der Waals surface area (Å²) < 4.78 is 0. The fourth-order valence-corrected chi connectivity index (χ4v) is 0.979. The first kappa shape index (κ1) is 14.3. The molecule has 14 heavy (non-hydrogen) atoms. The van der Waals surface area contributed by atoms with Crippen LogP contribution < -0.4 is 0 Å². The minimum atomic E-state index is 0. The topological polar surface area (TPSA) is 0 Å². The van der Waals surface area contributed by atoms with E-state index < -0.39 is 0 Å². The Kier molecular flexibility index (Phi) is 8.72. The number of allylic oxidation sites excluding steroid dienone is 1. The summed E-state index contributed by atoms with van der Waals surface area (Å²) in [5, 5.41) is 0. The summed E-state index contributed by atoms with van der Waals surface area (Å²) >= 11 is 0. The summed E-state index contributed by atoms with van der Waals surface area (Å²) in [7, 11) is 0. The van der Waals surface area contributed by atoms with Gasteiger partial charge in [-0.3, -0.25) is 0 Å². The van der Waals surface area contributed by atoms with Crippen molar-refractivity contribution in [3.63, 3.8) is 0 Å². The van der Waals surface area contributed by atoms with E-state index in [1.807, 2.05) is 51.9 Å². The van der Waals surface area contributed by atoms with Crippen molar-refractivity contribution in [1.29, 1.82) is 0 Å². The van der Waals surface area contributed by atoms with Crippen LogP contribution in [0.4, 0.5) is 0 Å². The molecule has 0 unspecified atom stereocenters. The van der Waals surface area contributed by atoms with Gasteiger partial charge >= 0.3 is 17.1 Å². The first-order chi connectivity index (χ1) is 6.30. The Balaban J connectivity index is 0.000000246. The van der Waals surface area contributed by atoms with Crippen LogP contribution >= 0.6 is 0 Å². The van der Waals surface area contributed by atoms with Crippen LogP contribution in [0.15, 0.2) is 12.2 Å². The fourth-order valence-electron chi connectivity index (χ4n) is 0.979. The average molecular weight is 226 g/mol. The van der Waals surface area contributed by atoms with E-state index in [1.165, 1.54) is 5.92 Å². The second-order valence-electron chi connectivity index (χ2n) is 2.92. The van der Waals surface area contributed by atoms with Crippen LogP contribution in [0.5, 0.6) is 0 Å². The monoisotopic (exact) mass is 226 g/mol. The van der Waals surface area contributed by atoms with Gasteiger partial charge in [-0.05, 0) is 64.7 Å². The summed E-state index contributed by atoms with van der Waals surface area (Å²) in [4.78, 5) is 0. The molecule has 0 bridgehead atoms. The molecule has 10 radical (unpaired) electrons. The Morgan fingerprint density at radius 2 is 1.21 bits per heavy atom. The first-order valence-corrected chi connectivity index (χ1v) is 4.35. The van der Waals surface area contributed by atoms with Gasteiger partial charge in [0.25, 0.3) is 0 Å². The van der Waals surface area contributed by atoms with E-state index in [9.17, 15) is 0 Å². The third kappa shape index (κ3) is 5.88. The molecule has 2 aliphatic rings. The van der Waals surface area contributed by atoms with Crippen molar-refractivity contribution >= 4 is 0 Å². The molecule has 0 nitrogen and oxygen atoms in total. The molecule has 2 fully saturated rings. The summed E-state index contributed by atoms with van der Waals surface area (Å²) in [6, 6.07) is 0. The average Bonchev–Trinajstić information content (AvgIpc) is 2.82. The Morgan fingerprint density at radius 3 is 1.43 bits per heavy atom. The second-order valence-corrected chi connectivity index (χ2v) is 2.92. The van der Waals surface area contributed by atoms with Crippen molar-refractivity contribution in [3.05, 3.63) is 75.9 Å². The molecule has 0 aliphatic heterocycles. The third-order valence-electron chi connectivity index (χ3n) is 1.71. The van der Waals surface area contributed by atoms with Crippen LogP contribution in [-0.2, 0) is 17.1 Å². The maximum Gasteiger partial charge on any atom is 2.00 e. The molecule has 0 amide bonds. The van der Waals surface area contributed by atoms with Crippen LogP contribution in [0.25, 0.3) is 0 Å². The number of hydrogen-bond donors (Lipinski definition) is 0.